The molecule has 17 heteroatoms. The van der Waals surface area contributed by atoms with Crippen molar-refractivity contribution in [2.45, 2.75) is 37.3 Å². The number of non-ortho nitro benzene ring substituents is 2. The first kappa shape index (κ1) is 30.9. The molecule has 1 N–H and O–H groups in total. The fourth-order valence-electron chi connectivity index (χ4n) is 5.40. The van der Waals surface area contributed by atoms with Crippen molar-refractivity contribution in [1.29, 1.82) is 0 Å². The Morgan fingerprint density at radius 3 is 2.09 bits per heavy atom. The summed E-state index contributed by atoms with van der Waals surface area (Å²) in [5.41, 5.74) is 0.180. The van der Waals surface area contributed by atoms with Gasteiger partial charge in [-0.2, -0.15) is 0 Å². The quantitative estimate of drug-likeness (QED) is 0.105. The summed E-state index contributed by atoms with van der Waals surface area (Å²) in [7, 11) is -2.21. The number of hydrogen-bond acceptors (Lipinski definition) is 12. The minimum absolute atomic E-state index is 0.0327. The number of nitrogens with zero attached hydrogens (tertiary/aromatic N) is 5. The Kier molecular flexibility index (Phi) is 8.62. The van der Waals surface area contributed by atoms with E-state index in [1.54, 1.807) is 0 Å². The minimum atomic E-state index is -2.21. The third kappa shape index (κ3) is 6.10. The van der Waals surface area contributed by atoms with Crippen molar-refractivity contribution in [3.8, 4) is 0 Å². The molecule has 0 aliphatic carbocycles. The van der Waals surface area contributed by atoms with Gasteiger partial charge in [0, 0.05) is 42.6 Å². The maximum absolute atomic E-state index is 13.8. The Morgan fingerprint density at radius 1 is 1.00 bits per heavy atom. The summed E-state index contributed by atoms with van der Waals surface area (Å²) in [6, 6.07) is 11.4. The maximum atomic E-state index is 13.8. The van der Waals surface area contributed by atoms with Gasteiger partial charge in [0.15, 0.2) is 0 Å². The highest BCUT2D eigenvalue weighted by Gasteiger charge is 2.63. The topological polar surface area (TPSA) is 222 Å². The number of aliphatic carboxylic acids is 1. The zero-order chi connectivity index (χ0) is 32.4. The van der Waals surface area contributed by atoms with Gasteiger partial charge in [-0.25, -0.2) is 23.8 Å². The average molecular weight is 638 g/mol. The summed E-state index contributed by atoms with van der Waals surface area (Å²) in [4.78, 5) is 68.2. The van der Waals surface area contributed by atoms with Gasteiger partial charge >= 0.3 is 12.1 Å². The number of carbonyl (C=O) groups is 3. The van der Waals surface area contributed by atoms with E-state index in [4.69, 9.17) is 9.47 Å². The van der Waals surface area contributed by atoms with Crippen LogP contribution in [0.3, 0.4) is 0 Å². The molecule has 16 nitrogen and oxygen atoms in total. The van der Waals surface area contributed by atoms with Gasteiger partial charge in [-0.1, -0.05) is 12.1 Å². The molecule has 2 aliphatic heterocycles. The highest BCUT2D eigenvalue weighted by atomic mass is 32.2. The molecule has 232 valence electrons. The van der Waals surface area contributed by atoms with Gasteiger partial charge in [0.25, 0.3) is 11.4 Å². The van der Waals surface area contributed by atoms with Gasteiger partial charge in [-0.15, -0.1) is 0 Å². The summed E-state index contributed by atoms with van der Waals surface area (Å²) in [5.74, 6) is -4.12. The molecular weight excluding hydrogens is 614 g/mol. The maximum Gasteiger partial charge on any atom is 0.508 e. The largest absolute Gasteiger partial charge is 0.508 e. The molecule has 0 radical (unpaired) electrons. The molecular formula is C28H23N5O11S. The van der Waals surface area contributed by atoms with Crippen LogP contribution in [-0.4, -0.2) is 64.2 Å². The predicted molar refractivity (Wildman–Crippen MR) is 151 cm³/mol. The normalized spacial score (nSPS) is 20.1. The van der Waals surface area contributed by atoms with E-state index in [0.717, 1.165) is 4.90 Å². The molecule has 3 heterocycles. The van der Waals surface area contributed by atoms with E-state index in [9.17, 15) is 43.9 Å². The van der Waals surface area contributed by atoms with Crippen LogP contribution in [0.4, 0.5) is 16.2 Å². The van der Waals surface area contributed by atoms with Gasteiger partial charge in [0.05, 0.1) is 26.7 Å². The van der Waals surface area contributed by atoms with Gasteiger partial charge < -0.3 is 19.5 Å². The number of carboxylic acid groups (broad SMARTS) is 1. The highest BCUT2D eigenvalue weighted by molar-refractivity contribution is 7.88. The van der Waals surface area contributed by atoms with Gasteiger partial charge in [0.1, 0.15) is 29.2 Å². The van der Waals surface area contributed by atoms with E-state index in [-0.39, 0.29) is 34.5 Å². The Labute approximate surface area is 256 Å². The molecule has 1 amide bonds. The van der Waals surface area contributed by atoms with Crippen LogP contribution < -0.4 is 0 Å². The summed E-state index contributed by atoms with van der Waals surface area (Å²) in [6.45, 7) is 1.16. The van der Waals surface area contributed by atoms with Gasteiger partial charge in [0.2, 0.25) is 11.1 Å². The number of benzene rings is 2. The number of nitro benzene ring substituents is 2. The number of amides is 1. The monoisotopic (exact) mass is 637 g/mol. The SMILES string of the molecule is CC(OC(=O)OCc1ccc([N+](=O)[O-])cc1)C1C(=O)N2C(C(=O)O)=C(S(=O)c3ncccn3)C(Cc3ccc([N+](=O)[O-])cc3)C12. The number of hydrogen-bond donors (Lipinski definition) is 1. The molecule has 5 unspecified atom stereocenters. The summed E-state index contributed by atoms with van der Waals surface area (Å²) in [6.07, 6.45) is 0.457. The number of nitro groups is 2. The summed E-state index contributed by atoms with van der Waals surface area (Å²) < 4.78 is 24.2. The van der Waals surface area contributed by atoms with Crippen molar-refractivity contribution < 1.29 is 43.0 Å². The van der Waals surface area contributed by atoms with Crippen LogP contribution in [0.5, 0.6) is 0 Å². The van der Waals surface area contributed by atoms with E-state index in [1.165, 1.54) is 73.9 Å². The molecule has 2 aromatic carbocycles. The van der Waals surface area contributed by atoms with Crippen molar-refractivity contribution in [1.82, 2.24) is 14.9 Å². The second-order valence-electron chi connectivity index (χ2n) is 10.1. The third-order valence-corrected chi connectivity index (χ3v) is 8.85. The van der Waals surface area contributed by atoms with Crippen LogP contribution in [0.1, 0.15) is 18.1 Å². The van der Waals surface area contributed by atoms with E-state index in [2.05, 4.69) is 9.97 Å². The minimum Gasteiger partial charge on any atom is -0.477 e. The molecule has 0 bridgehead atoms. The molecule has 2 aliphatic rings. The Hall–Kier alpha value is -5.58. The zero-order valence-corrected chi connectivity index (χ0v) is 24.1. The van der Waals surface area contributed by atoms with Crippen molar-refractivity contribution in [3.05, 3.63) is 109 Å². The Balaban J connectivity index is 1.40. The lowest BCUT2D eigenvalue weighted by atomic mass is 9.76. The molecule has 1 fully saturated rings. The third-order valence-electron chi connectivity index (χ3n) is 7.42. The van der Waals surface area contributed by atoms with E-state index >= 15 is 0 Å². The lowest BCUT2D eigenvalue weighted by Crippen LogP contribution is -2.64. The van der Waals surface area contributed by atoms with Crippen molar-refractivity contribution in [2.75, 3.05) is 0 Å². The first-order valence-corrected chi connectivity index (χ1v) is 14.4. The highest BCUT2D eigenvalue weighted by Crippen LogP contribution is 2.50. The molecule has 45 heavy (non-hydrogen) atoms. The van der Waals surface area contributed by atoms with Crippen LogP contribution in [-0.2, 0) is 42.9 Å². The van der Waals surface area contributed by atoms with Gasteiger partial charge in [-0.05, 0) is 42.7 Å². The predicted octanol–water partition coefficient (Wildman–Crippen LogP) is 3.14. The van der Waals surface area contributed by atoms with Crippen LogP contribution in [0.25, 0.3) is 0 Å². The van der Waals surface area contributed by atoms with Crippen LogP contribution in [0.15, 0.2) is 82.7 Å². The van der Waals surface area contributed by atoms with Crippen molar-refractivity contribution in [2.24, 2.45) is 11.8 Å². The number of fused-ring (bicyclic) bond motifs is 1. The van der Waals surface area contributed by atoms with E-state index in [1.807, 2.05) is 0 Å². The van der Waals surface area contributed by atoms with Crippen LogP contribution in [0, 0.1) is 32.1 Å². The number of rotatable bonds is 11. The first-order chi connectivity index (χ1) is 21.5. The standard InChI is InChI=1S/C28H23N5O11S/c1-15(44-28(37)43-14-17-5-9-19(10-6-17)33(40)41)21-22-20(13-16-3-7-18(8-4-16)32(38)39)24(23(26(35)36)31(22)25(21)34)45(42)27-29-11-2-12-30-27/h2-12,15,20-22H,13-14H2,1H3,(H,35,36). The fraction of sp³-hybridized carbons (Fsp3) is 0.250. The smallest absolute Gasteiger partial charge is 0.477 e. The Bertz CT molecular complexity index is 1730. The number of carbonyl (C=O) groups excluding carboxylic acids is 2. The number of ether oxygens (including phenoxy) is 2. The Morgan fingerprint density at radius 2 is 1.56 bits per heavy atom. The average Bonchev–Trinajstić information content (AvgIpc) is 3.30. The second kappa shape index (κ2) is 12.6. The molecule has 0 saturated carbocycles. The van der Waals surface area contributed by atoms with E-state index < -0.39 is 68.4 Å². The lowest BCUT2D eigenvalue weighted by molar-refractivity contribution is -0.385. The zero-order valence-electron chi connectivity index (χ0n) is 23.2. The van der Waals surface area contributed by atoms with Crippen LogP contribution in [0.2, 0.25) is 0 Å². The first-order valence-electron chi connectivity index (χ1n) is 13.3. The molecule has 0 spiro atoms. The van der Waals surface area contributed by atoms with Crippen molar-refractivity contribution in [3.63, 3.8) is 0 Å². The molecule has 1 aromatic heterocycles. The summed E-state index contributed by atoms with van der Waals surface area (Å²) in [5, 5.41) is 32.0. The number of aromatic nitrogens is 2. The fourth-order valence-corrected chi connectivity index (χ4v) is 6.77. The number of β-lactam (4-membered cyclic amide) rings is 1. The second-order valence-corrected chi connectivity index (χ2v) is 11.4. The lowest BCUT2D eigenvalue weighted by Gasteiger charge is -2.47. The molecule has 3 aromatic rings. The van der Waals surface area contributed by atoms with E-state index in [0.29, 0.717) is 11.1 Å². The molecule has 5 rings (SSSR count). The van der Waals surface area contributed by atoms with Crippen molar-refractivity contribution >= 4 is 40.2 Å². The summed E-state index contributed by atoms with van der Waals surface area (Å²) >= 11 is 0. The molecule has 1 saturated heterocycles. The number of carboxylic acids is 1. The van der Waals surface area contributed by atoms with Crippen LogP contribution >= 0.6 is 0 Å². The van der Waals surface area contributed by atoms with Gasteiger partial charge in [-0.3, -0.25) is 25.0 Å². The molecule has 5 atom stereocenters.